The Labute approximate surface area is 99.9 Å². The summed E-state index contributed by atoms with van der Waals surface area (Å²) in [6, 6.07) is 0.405. The smallest absolute Gasteiger partial charge is 0.240 e. The van der Waals surface area contributed by atoms with Crippen LogP contribution in [0.3, 0.4) is 0 Å². The Kier molecular flexibility index (Phi) is 4.82. The number of aryl methyl sites for hydroxylation is 1. The molecule has 0 saturated carbocycles. The summed E-state index contributed by atoms with van der Waals surface area (Å²) >= 11 is 1.38. The molecule has 0 unspecified atom stereocenters. The number of nitrogens with zero attached hydrogens (tertiary/aromatic N) is 3. The molecule has 0 spiro atoms. The normalized spacial score (nSPS) is 12.8. The zero-order valence-corrected chi connectivity index (χ0v) is 11.0. The SMILES string of the molecule is CC[C@@H](C)N(C)CC(=O)Nc1nnc(C)s1. The summed E-state index contributed by atoms with van der Waals surface area (Å²) in [7, 11) is 1.94. The fraction of sp³-hybridized carbons (Fsp3) is 0.700. The lowest BCUT2D eigenvalue weighted by Gasteiger charge is -2.22. The number of anilines is 1. The van der Waals surface area contributed by atoms with Crippen LogP contribution in [-0.4, -0.2) is 40.6 Å². The lowest BCUT2D eigenvalue weighted by Crippen LogP contribution is -2.36. The zero-order chi connectivity index (χ0) is 12.1. The highest BCUT2D eigenvalue weighted by atomic mass is 32.1. The second-order valence-corrected chi connectivity index (χ2v) is 5.03. The molecule has 1 N–H and O–H groups in total. The van der Waals surface area contributed by atoms with Gasteiger partial charge in [-0.3, -0.25) is 15.0 Å². The van der Waals surface area contributed by atoms with E-state index < -0.39 is 0 Å². The fourth-order valence-electron chi connectivity index (χ4n) is 1.20. The van der Waals surface area contributed by atoms with Gasteiger partial charge in [0.05, 0.1) is 6.54 Å². The second-order valence-electron chi connectivity index (χ2n) is 3.85. The van der Waals surface area contributed by atoms with Gasteiger partial charge in [0.1, 0.15) is 5.01 Å². The van der Waals surface area contributed by atoms with Crippen molar-refractivity contribution in [2.24, 2.45) is 0 Å². The monoisotopic (exact) mass is 242 g/mol. The first-order valence-corrected chi connectivity index (χ1v) is 6.14. The summed E-state index contributed by atoms with van der Waals surface area (Å²) < 4.78 is 0. The van der Waals surface area contributed by atoms with Gasteiger partial charge in [-0.1, -0.05) is 18.3 Å². The van der Waals surface area contributed by atoms with Gasteiger partial charge in [0.25, 0.3) is 0 Å². The molecule has 0 saturated heterocycles. The first kappa shape index (κ1) is 13.1. The molecule has 1 rings (SSSR count). The van der Waals surface area contributed by atoms with Gasteiger partial charge in [0, 0.05) is 6.04 Å². The van der Waals surface area contributed by atoms with Crippen LogP contribution in [0.5, 0.6) is 0 Å². The van der Waals surface area contributed by atoms with Crippen molar-refractivity contribution in [3.8, 4) is 0 Å². The van der Waals surface area contributed by atoms with Crippen LogP contribution < -0.4 is 5.32 Å². The number of carbonyl (C=O) groups excluding carboxylic acids is 1. The number of nitrogens with one attached hydrogen (secondary N) is 1. The van der Waals surface area contributed by atoms with Crippen LogP contribution in [0.1, 0.15) is 25.3 Å². The largest absolute Gasteiger partial charge is 0.299 e. The summed E-state index contributed by atoms with van der Waals surface area (Å²) in [6.07, 6.45) is 1.03. The molecular weight excluding hydrogens is 224 g/mol. The van der Waals surface area contributed by atoms with Crippen LogP contribution in [0.2, 0.25) is 0 Å². The van der Waals surface area contributed by atoms with Crippen molar-refractivity contribution in [1.82, 2.24) is 15.1 Å². The van der Waals surface area contributed by atoms with Crippen molar-refractivity contribution in [2.45, 2.75) is 33.2 Å². The maximum absolute atomic E-state index is 11.6. The van der Waals surface area contributed by atoms with Crippen LogP contribution >= 0.6 is 11.3 Å². The highest BCUT2D eigenvalue weighted by Crippen LogP contribution is 2.13. The van der Waals surface area contributed by atoms with Crippen LogP contribution in [0.4, 0.5) is 5.13 Å². The lowest BCUT2D eigenvalue weighted by molar-refractivity contribution is -0.117. The Balaban J connectivity index is 2.42. The molecule has 6 heteroatoms. The predicted molar refractivity (Wildman–Crippen MR) is 65.7 cm³/mol. The van der Waals surface area contributed by atoms with E-state index in [4.69, 9.17) is 0 Å². The average Bonchev–Trinajstić information content (AvgIpc) is 2.62. The maximum Gasteiger partial charge on any atom is 0.240 e. The third-order valence-corrected chi connectivity index (χ3v) is 3.26. The van der Waals surface area contributed by atoms with Gasteiger partial charge < -0.3 is 0 Å². The van der Waals surface area contributed by atoms with Gasteiger partial charge in [0.15, 0.2) is 0 Å². The highest BCUT2D eigenvalue weighted by Gasteiger charge is 2.12. The molecule has 1 aromatic heterocycles. The standard InChI is InChI=1S/C10H18N4OS/c1-5-7(2)14(4)6-9(15)11-10-13-12-8(3)16-10/h7H,5-6H2,1-4H3,(H,11,13,15)/t7-/m1/s1. The highest BCUT2D eigenvalue weighted by molar-refractivity contribution is 7.15. The van der Waals surface area contributed by atoms with Crippen molar-refractivity contribution >= 4 is 22.4 Å². The summed E-state index contributed by atoms with van der Waals surface area (Å²) in [5.41, 5.74) is 0. The number of carbonyl (C=O) groups is 1. The molecule has 0 aliphatic heterocycles. The van der Waals surface area contributed by atoms with Crippen LogP contribution in [-0.2, 0) is 4.79 Å². The molecule has 0 aromatic carbocycles. The summed E-state index contributed by atoms with van der Waals surface area (Å²) in [4.78, 5) is 13.7. The van der Waals surface area contributed by atoms with E-state index in [0.717, 1.165) is 11.4 Å². The molecule has 1 amide bonds. The minimum absolute atomic E-state index is 0.0426. The third-order valence-electron chi connectivity index (χ3n) is 2.51. The van der Waals surface area contributed by atoms with E-state index in [1.165, 1.54) is 11.3 Å². The fourth-order valence-corrected chi connectivity index (χ4v) is 1.81. The van der Waals surface area contributed by atoms with Gasteiger partial charge >= 0.3 is 0 Å². The summed E-state index contributed by atoms with van der Waals surface area (Å²) in [5, 5.41) is 11.8. The van der Waals surface area contributed by atoms with Gasteiger partial charge in [-0.25, -0.2) is 0 Å². The zero-order valence-electron chi connectivity index (χ0n) is 10.1. The molecule has 0 radical (unpaired) electrons. The molecule has 0 fully saturated rings. The van der Waals surface area contributed by atoms with Gasteiger partial charge in [0.2, 0.25) is 11.0 Å². The molecule has 90 valence electrons. The minimum atomic E-state index is -0.0426. The lowest BCUT2D eigenvalue weighted by atomic mass is 10.2. The molecule has 0 aliphatic rings. The van der Waals surface area contributed by atoms with Gasteiger partial charge in [-0.05, 0) is 27.3 Å². The van der Waals surface area contributed by atoms with Gasteiger partial charge in [-0.15, -0.1) is 10.2 Å². The molecule has 1 heterocycles. The molecule has 16 heavy (non-hydrogen) atoms. The van der Waals surface area contributed by atoms with Crippen LogP contribution in [0.15, 0.2) is 0 Å². The van der Waals surface area contributed by atoms with E-state index >= 15 is 0 Å². The number of hydrogen-bond donors (Lipinski definition) is 1. The first-order chi connectivity index (χ1) is 7.52. The topological polar surface area (TPSA) is 58.1 Å². The number of aromatic nitrogens is 2. The second kappa shape index (κ2) is 5.91. The van der Waals surface area contributed by atoms with E-state index in [2.05, 4.69) is 29.4 Å². The summed E-state index contributed by atoms with van der Waals surface area (Å²) in [5.74, 6) is -0.0426. The number of amides is 1. The number of likely N-dealkylation sites (N-methyl/N-ethyl adjacent to an activating group) is 1. The van der Waals surface area contributed by atoms with Gasteiger partial charge in [-0.2, -0.15) is 0 Å². The quantitative estimate of drug-likeness (QED) is 0.850. The predicted octanol–water partition coefficient (Wildman–Crippen LogP) is 1.52. The van der Waals surface area contributed by atoms with E-state index in [0.29, 0.717) is 17.7 Å². The van der Waals surface area contributed by atoms with Crippen molar-refractivity contribution in [2.75, 3.05) is 18.9 Å². The number of hydrogen-bond acceptors (Lipinski definition) is 5. The number of rotatable bonds is 5. The Morgan fingerprint density at radius 2 is 2.25 bits per heavy atom. The van der Waals surface area contributed by atoms with Crippen molar-refractivity contribution < 1.29 is 4.79 Å². The maximum atomic E-state index is 11.6. The first-order valence-electron chi connectivity index (χ1n) is 5.33. The van der Waals surface area contributed by atoms with Crippen LogP contribution in [0.25, 0.3) is 0 Å². The Hall–Kier alpha value is -1.01. The molecule has 1 atom stereocenters. The average molecular weight is 242 g/mol. The Bertz CT molecular complexity index is 352. The minimum Gasteiger partial charge on any atom is -0.299 e. The van der Waals surface area contributed by atoms with E-state index in [-0.39, 0.29) is 5.91 Å². The van der Waals surface area contributed by atoms with Crippen molar-refractivity contribution in [3.63, 3.8) is 0 Å². The molecule has 0 aliphatic carbocycles. The van der Waals surface area contributed by atoms with Crippen molar-refractivity contribution in [3.05, 3.63) is 5.01 Å². The van der Waals surface area contributed by atoms with E-state index in [9.17, 15) is 4.79 Å². The molecular formula is C10H18N4OS. The molecule has 0 bridgehead atoms. The summed E-state index contributed by atoms with van der Waals surface area (Å²) in [6.45, 7) is 6.45. The Morgan fingerprint density at radius 1 is 1.56 bits per heavy atom. The van der Waals surface area contributed by atoms with E-state index in [1.807, 2.05) is 18.9 Å². The Morgan fingerprint density at radius 3 is 2.75 bits per heavy atom. The van der Waals surface area contributed by atoms with Crippen molar-refractivity contribution in [1.29, 1.82) is 0 Å². The van der Waals surface area contributed by atoms with Crippen LogP contribution in [0, 0.1) is 6.92 Å². The molecule has 1 aromatic rings. The third kappa shape index (κ3) is 3.86. The molecule has 5 nitrogen and oxygen atoms in total. The van der Waals surface area contributed by atoms with E-state index in [1.54, 1.807) is 0 Å².